The molecule has 0 nitrogen and oxygen atoms in total. The summed E-state index contributed by atoms with van der Waals surface area (Å²) in [6.45, 7) is 12.3. The highest BCUT2D eigenvalue weighted by Crippen LogP contribution is 2.63. The van der Waals surface area contributed by atoms with Crippen LogP contribution in [0.5, 0.6) is 0 Å². The summed E-state index contributed by atoms with van der Waals surface area (Å²) in [7, 11) is 0. The first-order chi connectivity index (χ1) is 5.83. The Morgan fingerprint density at radius 3 is 2.00 bits per heavy atom. The number of fused-ring (bicyclic) bond motifs is 2. The minimum atomic E-state index is 0.517. The number of rotatable bonds is 0. The third kappa shape index (κ3) is 1.25. The molecular weight excluding hydrogens is 156 g/mol. The Morgan fingerprint density at radius 2 is 1.69 bits per heavy atom. The van der Waals surface area contributed by atoms with Crippen molar-refractivity contribution in [3.63, 3.8) is 0 Å². The molecule has 0 heteroatoms. The predicted molar refractivity (Wildman–Crippen MR) is 57.6 cm³/mol. The molecule has 0 amide bonds. The summed E-state index contributed by atoms with van der Waals surface area (Å²) < 4.78 is 0. The van der Waals surface area contributed by atoms with Crippen LogP contribution in [-0.2, 0) is 0 Å². The smallest absolute Gasteiger partial charge is 0.0283 e. The minimum absolute atomic E-state index is 0.517. The molecule has 2 aliphatic carbocycles. The molecule has 0 aromatic carbocycles. The lowest BCUT2D eigenvalue weighted by molar-refractivity contribution is 0.0309. The van der Waals surface area contributed by atoms with Gasteiger partial charge in [0.1, 0.15) is 0 Å². The Balaban J connectivity index is 2.29. The summed E-state index contributed by atoms with van der Waals surface area (Å²) in [5, 5.41) is 0. The van der Waals surface area contributed by atoms with Crippen molar-refractivity contribution in [2.75, 3.05) is 0 Å². The van der Waals surface area contributed by atoms with Gasteiger partial charge in [-0.15, -0.1) is 0 Å². The molecule has 0 saturated heterocycles. The summed E-state index contributed by atoms with van der Waals surface area (Å²) in [6, 6.07) is 0. The summed E-state index contributed by atoms with van der Waals surface area (Å²) >= 11 is 0. The average molecular weight is 180 g/mol. The van der Waals surface area contributed by atoms with Crippen LogP contribution in [0.25, 0.3) is 0 Å². The Labute approximate surface area is 83.1 Å². The molecule has 0 aromatic rings. The first-order valence-electron chi connectivity index (χ1n) is 5.83. The second-order valence-electron chi connectivity index (χ2n) is 6.94. The molecule has 2 rings (SSSR count). The van der Waals surface area contributed by atoms with E-state index in [1.165, 1.54) is 19.3 Å². The molecule has 0 N–H and O–H groups in total. The van der Waals surface area contributed by atoms with Crippen LogP contribution in [0.2, 0.25) is 0 Å². The molecule has 0 radical (unpaired) electrons. The Morgan fingerprint density at radius 1 is 1.08 bits per heavy atom. The third-order valence-electron chi connectivity index (χ3n) is 4.73. The monoisotopic (exact) mass is 180 g/mol. The fraction of sp³-hybridized carbons (Fsp3) is 1.00. The van der Waals surface area contributed by atoms with E-state index in [0.717, 1.165) is 17.8 Å². The van der Waals surface area contributed by atoms with E-state index in [1.807, 2.05) is 0 Å². The molecule has 76 valence electrons. The molecule has 2 bridgehead atoms. The Bertz CT molecular complexity index is 207. The van der Waals surface area contributed by atoms with Crippen molar-refractivity contribution >= 4 is 0 Å². The van der Waals surface area contributed by atoms with Gasteiger partial charge in [-0.2, -0.15) is 0 Å². The third-order valence-corrected chi connectivity index (χ3v) is 4.73. The van der Waals surface area contributed by atoms with Crippen molar-refractivity contribution in [1.82, 2.24) is 0 Å². The van der Waals surface area contributed by atoms with Gasteiger partial charge >= 0.3 is 0 Å². The van der Waals surface area contributed by atoms with Gasteiger partial charge in [-0.1, -0.05) is 34.6 Å². The first kappa shape index (κ1) is 9.55. The van der Waals surface area contributed by atoms with Gasteiger partial charge in [0.05, 0.1) is 0 Å². The zero-order valence-electron chi connectivity index (χ0n) is 9.85. The van der Waals surface area contributed by atoms with Crippen LogP contribution in [0.15, 0.2) is 0 Å². The lowest BCUT2D eigenvalue weighted by atomic mass is 9.59. The molecule has 2 saturated carbocycles. The quantitative estimate of drug-likeness (QED) is 0.526. The van der Waals surface area contributed by atoms with Crippen LogP contribution in [0.3, 0.4) is 0 Å². The molecule has 0 heterocycles. The Hall–Kier alpha value is 0. The lowest BCUT2D eigenvalue weighted by Crippen LogP contribution is -2.39. The largest absolute Gasteiger partial charge is 0.0599 e. The van der Waals surface area contributed by atoms with Gasteiger partial charge in [0, 0.05) is 0 Å². The van der Waals surface area contributed by atoms with E-state index in [0.29, 0.717) is 10.8 Å². The van der Waals surface area contributed by atoms with Gasteiger partial charge < -0.3 is 0 Å². The maximum Gasteiger partial charge on any atom is -0.0283 e. The van der Waals surface area contributed by atoms with Crippen LogP contribution in [0.4, 0.5) is 0 Å². The first-order valence-corrected chi connectivity index (χ1v) is 5.83. The van der Waals surface area contributed by atoms with E-state index >= 15 is 0 Å². The maximum absolute atomic E-state index is 2.51. The van der Waals surface area contributed by atoms with Crippen molar-refractivity contribution in [3.05, 3.63) is 0 Å². The summed E-state index contributed by atoms with van der Waals surface area (Å²) in [5.74, 6) is 3.03. The van der Waals surface area contributed by atoms with E-state index in [2.05, 4.69) is 34.6 Å². The molecular formula is C13H24. The lowest BCUT2D eigenvalue weighted by Gasteiger charge is -2.46. The molecule has 0 spiro atoms. The molecule has 3 atom stereocenters. The van der Waals surface area contributed by atoms with Gasteiger partial charge in [-0.05, 0) is 47.8 Å². The summed E-state index contributed by atoms with van der Waals surface area (Å²) in [5.41, 5.74) is 1.13. The van der Waals surface area contributed by atoms with E-state index in [1.54, 1.807) is 0 Å². The summed E-state index contributed by atoms with van der Waals surface area (Å²) in [4.78, 5) is 0. The van der Waals surface area contributed by atoms with Gasteiger partial charge in [0.2, 0.25) is 0 Å². The molecule has 2 aliphatic rings. The van der Waals surface area contributed by atoms with E-state index in [9.17, 15) is 0 Å². The van der Waals surface area contributed by atoms with Crippen molar-refractivity contribution in [3.8, 4) is 0 Å². The highest BCUT2D eigenvalue weighted by Gasteiger charge is 2.55. The van der Waals surface area contributed by atoms with Crippen LogP contribution in [-0.4, -0.2) is 0 Å². The van der Waals surface area contributed by atoms with Gasteiger partial charge in [-0.3, -0.25) is 0 Å². The van der Waals surface area contributed by atoms with Crippen molar-refractivity contribution < 1.29 is 0 Å². The van der Waals surface area contributed by atoms with E-state index in [4.69, 9.17) is 0 Å². The van der Waals surface area contributed by atoms with Gasteiger partial charge in [0.25, 0.3) is 0 Å². The highest BCUT2D eigenvalue weighted by atomic mass is 14.6. The topological polar surface area (TPSA) is 0 Å². The standard InChI is InChI=1S/C13H24/c1-12(2,3)11-9-6-7-10(8-9)13(11,4)5/h9-11H,6-8H2,1-5H3. The van der Waals surface area contributed by atoms with Crippen molar-refractivity contribution in [2.24, 2.45) is 28.6 Å². The Kier molecular flexibility index (Phi) is 1.85. The second-order valence-corrected chi connectivity index (χ2v) is 6.94. The van der Waals surface area contributed by atoms with Gasteiger partial charge in [0.15, 0.2) is 0 Å². The van der Waals surface area contributed by atoms with Gasteiger partial charge in [-0.25, -0.2) is 0 Å². The summed E-state index contributed by atoms with van der Waals surface area (Å²) in [6.07, 6.45) is 4.54. The SMILES string of the molecule is CC(C)(C)C1C2CCC(C2)C1(C)C. The average Bonchev–Trinajstić information content (AvgIpc) is 2.38. The number of hydrogen-bond donors (Lipinski definition) is 0. The molecule has 2 fully saturated rings. The predicted octanol–water partition coefficient (Wildman–Crippen LogP) is 4.10. The minimum Gasteiger partial charge on any atom is -0.0599 e. The molecule has 13 heavy (non-hydrogen) atoms. The zero-order chi connectivity index (χ0) is 9.85. The molecule has 3 unspecified atom stereocenters. The fourth-order valence-electron chi connectivity index (χ4n) is 4.68. The van der Waals surface area contributed by atoms with Crippen LogP contribution in [0, 0.1) is 28.6 Å². The van der Waals surface area contributed by atoms with Crippen LogP contribution in [0.1, 0.15) is 53.9 Å². The van der Waals surface area contributed by atoms with E-state index < -0.39 is 0 Å². The fourth-order valence-corrected chi connectivity index (χ4v) is 4.68. The molecule has 0 aromatic heterocycles. The zero-order valence-corrected chi connectivity index (χ0v) is 9.85. The second kappa shape index (κ2) is 2.52. The molecule has 0 aliphatic heterocycles. The highest BCUT2D eigenvalue weighted by molar-refractivity contribution is 5.05. The van der Waals surface area contributed by atoms with E-state index in [-0.39, 0.29) is 0 Å². The van der Waals surface area contributed by atoms with Crippen LogP contribution < -0.4 is 0 Å². The van der Waals surface area contributed by atoms with Crippen molar-refractivity contribution in [1.29, 1.82) is 0 Å². The van der Waals surface area contributed by atoms with Crippen LogP contribution >= 0.6 is 0 Å². The van der Waals surface area contributed by atoms with Crippen molar-refractivity contribution in [2.45, 2.75) is 53.9 Å². The maximum atomic E-state index is 2.51. The number of hydrogen-bond acceptors (Lipinski definition) is 0. The normalized spacial score (nSPS) is 42.7.